The van der Waals surface area contributed by atoms with Crippen molar-refractivity contribution in [3.8, 4) is 0 Å². The largest absolute Gasteiger partial charge is 0.341 e. The summed E-state index contributed by atoms with van der Waals surface area (Å²) in [6, 6.07) is 6.85. The molecule has 0 bridgehead atoms. The van der Waals surface area contributed by atoms with E-state index in [-0.39, 0.29) is 17.1 Å². The Hall–Kier alpha value is -1.46. The molecule has 3 N–H and O–H groups in total. The predicted molar refractivity (Wildman–Crippen MR) is 102 cm³/mol. The van der Waals surface area contributed by atoms with Crippen molar-refractivity contribution >= 4 is 5.91 Å². The normalized spacial score (nSPS) is 21.3. The summed E-state index contributed by atoms with van der Waals surface area (Å²) in [5.74, 6) is -0.0540. The van der Waals surface area contributed by atoms with Crippen LogP contribution >= 0.6 is 0 Å². The molecule has 1 saturated heterocycles. The molecule has 0 spiro atoms. The number of nitrogens with one attached hydrogen (secondary N) is 1. The van der Waals surface area contributed by atoms with Crippen LogP contribution in [0.15, 0.2) is 24.3 Å². The molecule has 1 saturated carbocycles. The Morgan fingerprint density at radius 1 is 1.19 bits per heavy atom. The smallest absolute Gasteiger partial charge is 0.242 e. The Balaban J connectivity index is 1.65. The fourth-order valence-corrected chi connectivity index (χ4v) is 4.25. The average Bonchev–Trinajstić information content (AvgIpc) is 2.62. The Kier molecular flexibility index (Phi) is 5.98. The van der Waals surface area contributed by atoms with Crippen molar-refractivity contribution < 1.29 is 9.18 Å². The first-order chi connectivity index (χ1) is 12.5. The Morgan fingerprint density at radius 2 is 1.85 bits per heavy atom. The van der Waals surface area contributed by atoms with E-state index >= 15 is 0 Å². The van der Waals surface area contributed by atoms with Crippen molar-refractivity contribution in [3.05, 3.63) is 35.6 Å². The quantitative estimate of drug-likeness (QED) is 0.734. The summed E-state index contributed by atoms with van der Waals surface area (Å²) in [7, 11) is 0. The summed E-state index contributed by atoms with van der Waals surface area (Å²) in [5.41, 5.74) is 6.92. The van der Waals surface area contributed by atoms with E-state index in [1.165, 1.54) is 17.7 Å². The fraction of sp³-hybridized carbons (Fsp3) is 0.667. The molecule has 1 aliphatic carbocycles. The van der Waals surface area contributed by atoms with E-state index < -0.39 is 5.54 Å². The number of carbonyl (C=O) groups is 1. The van der Waals surface area contributed by atoms with Crippen LogP contribution in [-0.2, 0) is 11.2 Å². The van der Waals surface area contributed by atoms with Gasteiger partial charge in [0, 0.05) is 19.6 Å². The van der Waals surface area contributed by atoms with Gasteiger partial charge in [-0.3, -0.25) is 4.79 Å². The van der Waals surface area contributed by atoms with Gasteiger partial charge in [0.1, 0.15) is 5.82 Å². The Bertz CT molecular complexity index is 604. The lowest BCUT2D eigenvalue weighted by Crippen LogP contribution is -2.61. The molecular weight excluding hydrogens is 329 g/mol. The van der Waals surface area contributed by atoms with E-state index in [0.29, 0.717) is 0 Å². The zero-order valence-electron chi connectivity index (χ0n) is 15.9. The molecule has 3 rings (SSSR count). The Labute approximate surface area is 156 Å². The van der Waals surface area contributed by atoms with Crippen LogP contribution in [0.5, 0.6) is 0 Å². The van der Waals surface area contributed by atoms with Crippen molar-refractivity contribution in [2.24, 2.45) is 11.1 Å². The van der Waals surface area contributed by atoms with Gasteiger partial charge in [0.05, 0.1) is 5.54 Å². The molecule has 0 radical (unpaired) electrons. The molecule has 0 atom stereocenters. The zero-order chi connectivity index (χ0) is 18.6. The summed E-state index contributed by atoms with van der Waals surface area (Å²) in [5, 5.41) is 3.57. The predicted octanol–water partition coefficient (Wildman–Crippen LogP) is 2.86. The number of nitrogens with zero attached hydrogens (tertiary/aromatic N) is 1. The van der Waals surface area contributed by atoms with E-state index in [1.54, 1.807) is 0 Å². The first kappa shape index (κ1) is 19.3. The van der Waals surface area contributed by atoms with Gasteiger partial charge in [-0.2, -0.15) is 0 Å². The number of hydrogen-bond donors (Lipinski definition) is 2. The van der Waals surface area contributed by atoms with Crippen LogP contribution in [0.2, 0.25) is 0 Å². The molecule has 26 heavy (non-hydrogen) atoms. The van der Waals surface area contributed by atoms with E-state index in [1.807, 2.05) is 17.0 Å². The number of likely N-dealkylation sites (tertiary alicyclic amines) is 1. The number of halogens is 1. The van der Waals surface area contributed by atoms with Crippen LogP contribution in [-0.4, -0.2) is 42.5 Å². The highest BCUT2D eigenvalue weighted by molar-refractivity contribution is 5.87. The number of amides is 1. The summed E-state index contributed by atoms with van der Waals surface area (Å²) < 4.78 is 13.2. The maximum atomic E-state index is 13.2. The minimum Gasteiger partial charge on any atom is -0.341 e. The second kappa shape index (κ2) is 8.05. The second-order valence-corrected chi connectivity index (χ2v) is 8.28. The van der Waals surface area contributed by atoms with E-state index in [2.05, 4.69) is 12.2 Å². The zero-order valence-corrected chi connectivity index (χ0v) is 15.9. The van der Waals surface area contributed by atoms with Crippen molar-refractivity contribution in [2.45, 2.75) is 57.4 Å². The summed E-state index contributed by atoms with van der Waals surface area (Å²) in [6.07, 6.45) is 6.65. The highest BCUT2D eigenvalue weighted by Crippen LogP contribution is 2.37. The van der Waals surface area contributed by atoms with Gasteiger partial charge in [-0.1, -0.05) is 19.1 Å². The van der Waals surface area contributed by atoms with Crippen LogP contribution in [0.3, 0.4) is 0 Å². The molecule has 1 aliphatic heterocycles. The third kappa shape index (κ3) is 4.26. The second-order valence-electron chi connectivity index (χ2n) is 8.28. The lowest BCUT2D eigenvalue weighted by Gasteiger charge is -2.46. The van der Waals surface area contributed by atoms with Gasteiger partial charge in [0.2, 0.25) is 5.91 Å². The van der Waals surface area contributed by atoms with E-state index in [0.717, 1.165) is 71.1 Å². The fourth-order valence-electron chi connectivity index (χ4n) is 4.25. The molecule has 0 unspecified atom stereocenters. The third-order valence-electron chi connectivity index (χ3n) is 6.20. The van der Waals surface area contributed by atoms with Gasteiger partial charge in [-0.05, 0) is 74.6 Å². The average molecular weight is 362 g/mol. The number of carbonyl (C=O) groups excluding carboxylic acids is 1. The standard InChI is InChI=1S/C21H32FN3O/c1-2-12-24-16-20(15-17-4-6-18(22)7-5-17)10-13-25(14-11-20)19(26)21(23)8-3-9-21/h4-7,24H,2-3,8-16,23H2,1H3. The summed E-state index contributed by atoms with van der Waals surface area (Å²) >= 11 is 0. The number of rotatable bonds is 7. The molecule has 144 valence electrons. The first-order valence-electron chi connectivity index (χ1n) is 10.00. The van der Waals surface area contributed by atoms with Crippen LogP contribution < -0.4 is 11.1 Å². The van der Waals surface area contributed by atoms with Crippen molar-refractivity contribution in [2.75, 3.05) is 26.2 Å². The molecule has 2 fully saturated rings. The van der Waals surface area contributed by atoms with Gasteiger partial charge in [0.25, 0.3) is 0 Å². The lowest BCUT2D eigenvalue weighted by atomic mass is 9.72. The summed E-state index contributed by atoms with van der Waals surface area (Å²) in [4.78, 5) is 14.7. The Morgan fingerprint density at radius 3 is 2.38 bits per heavy atom. The van der Waals surface area contributed by atoms with Gasteiger partial charge < -0.3 is 16.0 Å². The van der Waals surface area contributed by atoms with Gasteiger partial charge in [-0.25, -0.2) is 4.39 Å². The SMILES string of the molecule is CCCNCC1(Cc2ccc(F)cc2)CCN(C(=O)C2(N)CCC2)CC1. The lowest BCUT2D eigenvalue weighted by molar-refractivity contribution is -0.142. The van der Waals surface area contributed by atoms with Crippen LogP contribution in [0.25, 0.3) is 0 Å². The highest BCUT2D eigenvalue weighted by atomic mass is 19.1. The molecule has 5 heteroatoms. The molecular formula is C21H32FN3O. The van der Waals surface area contributed by atoms with Crippen LogP contribution in [0, 0.1) is 11.2 Å². The van der Waals surface area contributed by atoms with Crippen molar-refractivity contribution in [3.63, 3.8) is 0 Å². The molecule has 1 heterocycles. The minimum atomic E-state index is -0.600. The first-order valence-corrected chi connectivity index (χ1v) is 10.00. The molecule has 2 aliphatic rings. The van der Waals surface area contributed by atoms with E-state index in [9.17, 15) is 9.18 Å². The highest BCUT2D eigenvalue weighted by Gasteiger charge is 2.45. The number of hydrogen-bond acceptors (Lipinski definition) is 3. The third-order valence-corrected chi connectivity index (χ3v) is 6.20. The monoisotopic (exact) mass is 361 g/mol. The molecule has 1 aromatic rings. The number of nitrogens with two attached hydrogens (primary N) is 1. The topological polar surface area (TPSA) is 58.4 Å². The summed E-state index contributed by atoms with van der Waals surface area (Å²) in [6.45, 7) is 5.65. The van der Waals surface area contributed by atoms with Crippen LogP contribution in [0.1, 0.15) is 51.0 Å². The maximum absolute atomic E-state index is 13.2. The minimum absolute atomic E-state index is 0.116. The van der Waals surface area contributed by atoms with Crippen molar-refractivity contribution in [1.29, 1.82) is 0 Å². The molecule has 4 nitrogen and oxygen atoms in total. The molecule has 1 aromatic carbocycles. The molecule has 0 aromatic heterocycles. The van der Waals surface area contributed by atoms with Gasteiger partial charge in [0.15, 0.2) is 0 Å². The van der Waals surface area contributed by atoms with Gasteiger partial charge >= 0.3 is 0 Å². The maximum Gasteiger partial charge on any atom is 0.242 e. The molecule has 1 amide bonds. The van der Waals surface area contributed by atoms with Gasteiger partial charge in [-0.15, -0.1) is 0 Å². The van der Waals surface area contributed by atoms with Crippen LogP contribution in [0.4, 0.5) is 4.39 Å². The van der Waals surface area contributed by atoms with E-state index in [4.69, 9.17) is 5.73 Å². The number of benzene rings is 1. The van der Waals surface area contributed by atoms with Crippen molar-refractivity contribution in [1.82, 2.24) is 10.2 Å². The number of piperidine rings is 1.